The normalized spacial score (nSPS) is 11.0. The first-order valence-electron chi connectivity index (χ1n) is 7.82. The number of methoxy groups -OCH3 is 1. The van der Waals surface area contributed by atoms with Crippen molar-refractivity contribution < 1.29 is 19.4 Å². The predicted octanol–water partition coefficient (Wildman–Crippen LogP) is 4.53. The first kappa shape index (κ1) is 17.8. The molecule has 0 saturated carbocycles. The van der Waals surface area contributed by atoms with Gasteiger partial charge in [0.25, 0.3) is 0 Å². The Bertz CT molecular complexity index is 967. The second kappa shape index (κ2) is 7.89. The Morgan fingerprint density at radius 3 is 2.54 bits per heavy atom. The van der Waals surface area contributed by atoms with E-state index in [1.807, 2.05) is 42.5 Å². The van der Waals surface area contributed by atoms with Gasteiger partial charge in [-0.15, -0.1) is 0 Å². The van der Waals surface area contributed by atoms with Gasteiger partial charge in [-0.25, -0.2) is 9.78 Å². The molecule has 0 aliphatic rings. The average molecular weight is 370 g/mol. The second-order valence-electron chi connectivity index (χ2n) is 5.50. The van der Waals surface area contributed by atoms with Gasteiger partial charge in [0, 0.05) is 5.39 Å². The van der Waals surface area contributed by atoms with Crippen LogP contribution in [0.25, 0.3) is 23.1 Å². The van der Waals surface area contributed by atoms with Crippen molar-refractivity contribution in [2.24, 2.45) is 0 Å². The van der Waals surface area contributed by atoms with Crippen LogP contribution in [0.5, 0.6) is 11.5 Å². The summed E-state index contributed by atoms with van der Waals surface area (Å²) >= 11 is 6.36. The first-order chi connectivity index (χ1) is 12.5. The highest BCUT2D eigenvalue weighted by Crippen LogP contribution is 2.27. The minimum absolute atomic E-state index is 0.362. The molecule has 0 fully saturated rings. The molecule has 132 valence electrons. The van der Waals surface area contributed by atoms with Crippen molar-refractivity contribution in [2.45, 2.75) is 0 Å². The third-order valence-corrected chi connectivity index (χ3v) is 3.99. The van der Waals surface area contributed by atoms with Gasteiger partial charge in [-0.3, -0.25) is 0 Å². The number of pyridine rings is 1. The molecule has 1 heterocycles. The van der Waals surface area contributed by atoms with Crippen LogP contribution in [-0.2, 0) is 4.79 Å². The van der Waals surface area contributed by atoms with E-state index in [1.54, 1.807) is 25.3 Å². The number of aliphatic carboxylic acids is 1. The minimum atomic E-state index is -1.01. The predicted molar refractivity (Wildman–Crippen MR) is 102 cm³/mol. The van der Waals surface area contributed by atoms with Crippen molar-refractivity contribution >= 4 is 40.6 Å². The number of hydrogen-bond acceptors (Lipinski definition) is 4. The Balaban J connectivity index is 1.78. The molecule has 5 nitrogen and oxygen atoms in total. The molecule has 0 radical (unpaired) electrons. The Kier molecular flexibility index (Phi) is 5.39. The largest absolute Gasteiger partial charge is 0.497 e. The summed E-state index contributed by atoms with van der Waals surface area (Å²) in [5, 5.41) is 10.0. The summed E-state index contributed by atoms with van der Waals surface area (Å²) in [6, 6.07) is 14.5. The van der Waals surface area contributed by atoms with Gasteiger partial charge in [0.05, 0.1) is 23.3 Å². The lowest BCUT2D eigenvalue weighted by Crippen LogP contribution is -2.09. The van der Waals surface area contributed by atoms with Crippen LogP contribution < -0.4 is 9.47 Å². The highest BCUT2D eigenvalue weighted by atomic mass is 35.5. The number of carboxylic acid groups (broad SMARTS) is 1. The van der Waals surface area contributed by atoms with Crippen LogP contribution in [0.2, 0.25) is 5.02 Å². The molecule has 3 aromatic rings. The van der Waals surface area contributed by atoms with Gasteiger partial charge in [-0.05, 0) is 48.0 Å². The quantitative estimate of drug-likeness (QED) is 0.691. The molecular formula is C20H16ClNO4. The van der Waals surface area contributed by atoms with Crippen LogP contribution in [0.4, 0.5) is 0 Å². The van der Waals surface area contributed by atoms with E-state index in [-0.39, 0.29) is 6.61 Å². The number of halogens is 1. The highest BCUT2D eigenvalue weighted by Gasteiger charge is 2.04. The zero-order chi connectivity index (χ0) is 18.5. The van der Waals surface area contributed by atoms with Crippen LogP contribution in [0.1, 0.15) is 11.3 Å². The topological polar surface area (TPSA) is 68.7 Å². The molecule has 0 atom stereocenters. The molecule has 1 aromatic heterocycles. The maximum Gasteiger partial charge on any atom is 0.341 e. The lowest BCUT2D eigenvalue weighted by atomic mass is 10.1. The van der Waals surface area contributed by atoms with E-state index in [0.717, 1.165) is 27.9 Å². The van der Waals surface area contributed by atoms with E-state index in [1.165, 1.54) is 0 Å². The monoisotopic (exact) mass is 369 g/mol. The molecule has 0 spiro atoms. The van der Waals surface area contributed by atoms with Gasteiger partial charge in [0.1, 0.15) is 11.5 Å². The molecule has 0 saturated heterocycles. The molecule has 0 bridgehead atoms. The average Bonchev–Trinajstić information content (AvgIpc) is 2.65. The van der Waals surface area contributed by atoms with Crippen LogP contribution in [-0.4, -0.2) is 29.8 Å². The zero-order valence-corrected chi connectivity index (χ0v) is 14.7. The maximum atomic E-state index is 10.5. The van der Waals surface area contributed by atoms with Gasteiger partial charge >= 0.3 is 5.97 Å². The minimum Gasteiger partial charge on any atom is -0.497 e. The number of nitrogens with zero attached hydrogens (tertiary/aromatic N) is 1. The number of hydrogen-bond donors (Lipinski definition) is 1. The Labute approximate surface area is 155 Å². The molecular weight excluding hydrogens is 354 g/mol. The fourth-order valence-electron chi connectivity index (χ4n) is 2.40. The third-order valence-electron chi connectivity index (χ3n) is 3.67. The van der Waals surface area contributed by atoms with Crippen molar-refractivity contribution in [1.82, 2.24) is 4.98 Å². The number of benzene rings is 2. The van der Waals surface area contributed by atoms with Crippen molar-refractivity contribution in [3.05, 3.63) is 64.8 Å². The van der Waals surface area contributed by atoms with Crippen molar-refractivity contribution in [3.63, 3.8) is 0 Å². The number of rotatable bonds is 6. The van der Waals surface area contributed by atoms with E-state index in [2.05, 4.69) is 4.98 Å². The fourth-order valence-corrected chi connectivity index (χ4v) is 2.66. The van der Waals surface area contributed by atoms with Crippen molar-refractivity contribution in [1.29, 1.82) is 0 Å². The highest BCUT2D eigenvalue weighted by molar-refractivity contribution is 6.35. The number of fused-ring (bicyclic) bond motifs is 1. The third kappa shape index (κ3) is 4.32. The maximum absolute atomic E-state index is 10.5. The van der Waals surface area contributed by atoms with Crippen molar-refractivity contribution in [3.8, 4) is 11.5 Å². The van der Waals surface area contributed by atoms with Crippen LogP contribution in [0, 0.1) is 0 Å². The standard InChI is InChI=1S/C20H16ClNO4/c1-25-16-8-9-19-17(11-16)18(21)10-14(22-19)5-2-13-3-6-15(7-4-13)26-12-20(23)24/h2-11H,12H2,1H3,(H,23,24). The summed E-state index contributed by atoms with van der Waals surface area (Å²) in [5.74, 6) is 0.228. The molecule has 0 aliphatic carbocycles. The molecule has 0 amide bonds. The summed E-state index contributed by atoms with van der Waals surface area (Å²) in [4.78, 5) is 15.1. The van der Waals surface area contributed by atoms with Crippen LogP contribution in [0.15, 0.2) is 48.5 Å². The van der Waals surface area contributed by atoms with E-state index in [9.17, 15) is 4.79 Å². The number of ether oxygens (including phenoxy) is 2. The summed E-state index contributed by atoms with van der Waals surface area (Å²) in [7, 11) is 1.61. The summed E-state index contributed by atoms with van der Waals surface area (Å²) in [5.41, 5.74) is 2.45. The Morgan fingerprint density at radius 2 is 1.85 bits per heavy atom. The fraction of sp³-hybridized carbons (Fsp3) is 0.100. The molecule has 26 heavy (non-hydrogen) atoms. The molecule has 0 unspecified atom stereocenters. The van der Waals surface area contributed by atoms with Crippen molar-refractivity contribution in [2.75, 3.05) is 13.7 Å². The number of carbonyl (C=O) groups is 1. The lowest BCUT2D eigenvalue weighted by molar-refractivity contribution is -0.139. The molecule has 1 N–H and O–H groups in total. The van der Waals surface area contributed by atoms with E-state index < -0.39 is 5.97 Å². The molecule has 6 heteroatoms. The lowest BCUT2D eigenvalue weighted by Gasteiger charge is -2.05. The van der Waals surface area contributed by atoms with Crippen LogP contribution >= 0.6 is 11.6 Å². The zero-order valence-electron chi connectivity index (χ0n) is 14.0. The van der Waals surface area contributed by atoms with E-state index in [0.29, 0.717) is 10.8 Å². The van der Waals surface area contributed by atoms with Gasteiger partial charge in [-0.2, -0.15) is 0 Å². The summed E-state index contributed by atoms with van der Waals surface area (Å²) < 4.78 is 10.3. The Hall–Kier alpha value is -3.05. The smallest absolute Gasteiger partial charge is 0.341 e. The second-order valence-corrected chi connectivity index (χ2v) is 5.90. The van der Waals surface area contributed by atoms with Gasteiger partial charge in [0.15, 0.2) is 6.61 Å². The van der Waals surface area contributed by atoms with Gasteiger partial charge < -0.3 is 14.6 Å². The molecule has 0 aliphatic heterocycles. The van der Waals surface area contributed by atoms with Crippen LogP contribution in [0.3, 0.4) is 0 Å². The van der Waals surface area contributed by atoms with E-state index in [4.69, 9.17) is 26.2 Å². The van der Waals surface area contributed by atoms with Gasteiger partial charge in [-0.1, -0.05) is 29.8 Å². The Morgan fingerprint density at radius 1 is 1.12 bits per heavy atom. The number of carboxylic acids is 1. The summed E-state index contributed by atoms with van der Waals surface area (Å²) in [6.07, 6.45) is 3.76. The SMILES string of the molecule is COc1ccc2nc(C=Cc3ccc(OCC(=O)O)cc3)cc(Cl)c2c1. The van der Waals surface area contributed by atoms with E-state index >= 15 is 0 Å². The summed E-state index contributed by atoms with van der Waals surface area (Å²) in [6.45, 7) is -0.362. The first-order valence-corrected chi connectivity index (χ1v) is 8.20. The van der Waals surface area contributed by atoms with Gasteiger partial charge in [0.2, 0.25) is 0 Å². The number of aromatic nitrogens is 1. The molecule has 3 rings (SSSR count). The molecule has 2 aromatic carbocycles.